The van der Waals surface area contributed by atoms with Gasteiger partial charge in [0.1, 0.15) is 0 Å². The number of hydrogen-bond acceptors (Lipinski definition) is 3. The second-order valence-electron chi connectivity index (χ2n) is 6.46. The Morgan fingerprint density at radius 1 is 1.06 bits per heavy atom. The summed E-state index contributed by atoms with van der Waals surface area (Å²) >= 11 is 0. The fraction of sp³-hybridized carbons (Fsp3) is 1.00. The van der Waals surface area contributed by atoms with Crippen LogP contribution < -0.4 is 5.32 Å². The van der Waals surface area contributed by atoms with Crippen LogP contribution in [-0.4, -0.2) is 49.8 Å². The lowest BCUT2D eigenvalue weighted by Gasteiger charge is -2.48. The third-order valence-electron chi connectivity index (χ3n) is 5.05. The summed E-state index contributed by atoms with van der Waals surface area (Å²) in [6, 6.07) is 0. The standard InChI is InChI=1S/C15H28N2O/c1-2-6-15(7-3-1,13-16-12-14-4-5-14)17-8-10-18-11-9-17/h14,16H,1-13H2. The first-order chi connectivity index (χ1) is 8.89. The van der Waals surface area contributed by atoms with E-state index in [0.29, 0.717) is 5.54 Å². The van der Waals surface area contributed by atoms with Crippen molar-refractivity contribution in [2.75, 3.05) is 39.4 Å². The lowest BCUT2D eigenvalue weighted by atomic mass is 9.79. The van der Waals surface area contributed by atoms with E-state index in [-0.39, 0.29) is 0 Å². The molecule has 1 aliphatic heterocycles. The van der Waals surface area contributed by atoms with Crippen molar-refractivity contribution in [3.63, 3.8) is 0 Å². The van der Waals surface area contributed by atoms with E-state index in [1.165, 1.54) is 58.0 Å². The fourth-order valence-corrected chi connectivity index (χ4v) is 3.68. The topological polar surface area (TPSA) is 24.5 Å². The molecule has 0 atom stereocenters. The Kier molecular flexibility index (Phi) is 4.22. The molecule has 1 heterocycles. The maximum absolute atomic E-state index is 5.53. The van der Waals surface area contributed by atoms with Gasteiger partial charge in [-0.3, -0.25) is 4.90 Å². The van der Waals surface area contributed by atoms with E-state index in [4.69, 9.17) is 4.74 Å². The summed E-state index contributed by atoms with van der Waals surface area (Å²) in [5.74, 6) is 0.996. The van der Waals surface area contributed by atoms with Gasteiger partial charge >= 0.3 is 0 Å². The Balaban J connectivity index is 1.57. The van der Waals surface area contributed by atoms with Crippen LogP contribution in [0.5, 0.6) is 0 Å². The molecule has 0 aromatic heterocycles. The van der Waals surface area contributed by atoms with Gasteiger partial charge in [0.05, 0.1) is 13.2 Å². The summed E-state index contributed by atoms with van der Waals surface area (Å²) in [5.41, 5.74) is 0.455. The predicted molar refractivity (Wildman–Crippen MR) is 73.8 cm³/mol. The number of rotatable bonds is 5. The highest BCUT2D eigenvalue weighted by Gasteiger charge is 2.38. The highest BCUT2D eigenvalue weighted by atomic mass is 16.5. The number of hydrogen-bond donors (Lipinski definition) is 1. The zero-order valence-electron chi connectivity index (χ0n) is 11.6. The monoisotopic (exact) mass is 252 g/mol. The summed E-state index contributed by atoms with van der Waals surface area (Å²) in [4.78, 5) is 2.73. The van der Waals surface area contributed by atoms with E-state index in [1.54, 1.807) is 0 Å². The van der Waals surface area contributed by atoms with Gasteiger partial charge in [0.2, 0.25) is 0 Å². The molecule has 0 spiro atoms. The van der Waals surface area contributed by atoms with Crippen molar-refractivity contribution in [3.8, 4) is 0 Å². The molecular formula is C15H28N2O. The van der Waals surface area contributed by atoms with Crippen LogP contribution in [0.3, 0.4) is 0 Å². The van der Waals surface area contributed by atoms with Gasteiger partial charge in [0, 0.05) is 25.2 Å². The van der Waals surface area contributed by atoms with E-state index >= 15 is 0 Å². The highest BCUT2D eigenvalue weighted by molar-refractivity contribution is 4.96. The van der Waals surface area contributed by atoms with Gasteiger partial charge in [0.15, 0.2) is 0 Å². The number of nitrogens with zero attached hydrogens (tertiary/aromatic N) is 1. The Morgan fingerprint density at radius 3 is 2.44 bits per heavy atom. The van der Waals surface area contributed by atoms with Crippen molar-refractivity contribution in [2.45, 2.75) is 50.5 Å². The molecule has 0 aromatic rings. The van der Waals surface area contributed by atoms with E-state index in [1.807, 2.05) is 0 Å². The van der Waals surface area contributed by atoms with E-state index in [0.717, 1.165) is 32.2 Å². The maximum Gasteiger partial charge on any atom is 0.0594 e. The zero-order chi connectivity index (χ0) is 12.3. The normalized spacial score (nSPS) is 29.3. The van der Waals surface area contributed by atoms with Crippen LogP contribution in [0.4, 0.5) is 0 Å². The molecule has 104 valence electrons. The molecule has 3 aliphatic rings. The van der Waals surface area contributed by atoms with Crippen LogP contribution in [0.1, 0.15) is 44.9 Å². The first-order valence-electron chi connectivity index (χ1n) is 7.93. The average Bonchev–Trinajstić information content (AvgIpc) is 3.25. The van der Waals surface area contributed by atoms with E-state index < -0.39 is 0 Å². The summed E-state index contributed by atoms with van der Waals surface area (Å²) < 4.78 is 5.53. The molecule has 3 heteroatoms. The van der Waals surface area contributed by atoms with Crippen molar-refractivity contribution in [3.05, 3.63) is 0 Å². The Hall–Kier alpha value is -0.120. The Bertz CT molecular complexity index is 253. The Morgan fingerprint density at radius 2 is 1.78 bits per heavy atom. The lowest BCUT2D eigenvalue weighted by molar-refractivity contribution is -0.0368. The van der Waals surface area contributed by atoms with Gasteiger partial charge in [-0.1, -0.05) is 19.3 Å². The zero-order valence-corrected chi connectivity index (χ0v) is 11.6. The van der Waals surface area contributed by atoms with Crippen molar-refractivity contribution >= 4 is 0 Å². The van der Waals surface area contributed by atoms with Crippen molar-refractivity contribution < 1.29 is 4.74 Å². The SMILES string of the molecule is C1CCC(CNCC2CC2)(N2CCOCC2)CC1. The predicted octanol–water partition coefficient (Wildman–Crippen LogP) is 2.02. The molecule has 0 unspecified atom stereocenters. The average molecular weight is 252 g/mol. The minimum Gasteiger partial charge on any atom is -0.379 e. The highest BCUT2D eigenvalue weighted by Crippen LogP contribution is 2.34. The molecule has 0 aromatic carbocycles. The van der Waals surface area contributed by atoms with Crippen LogP contribution in [-0.2, 0) is 4.74 Å². The Labute approximate surface area is 111 Å². The number of nitrogens with one attached hydrogen (secondary N) is 1. The molecule has 1 N–H and O–H groups in total. The fourth-order valence-electron chi connectivity index (χ4n) is 3.68. The molecule has 0 bridgehead atoms. The first-order valence-corrected chi connectivity index (χ1v) is 7.93. The molecule has 3 nitrogen and oxygen atoms in total. The van der Waals surface area contributed by atoms with Crippen molar-refractivity contribution in [1.29, 1.82) is 0 Å². The van der Waals surface area contributed by atoms with Crippen LogP contribution in [0.2, 0.25) is 0 Å². The quantitative estimate of drug-likeness (QED) is 0.810. The molecule has 3 rings (SSSR count). The van der Waals surface area contributed by atoms with Crippen LogP contribution in [0, 0.1) is 5.92 Å². The molecule has 18 heavy (non-hydrogen) atoms. The van der Waals surface area contributed by atoms with Gasteiger partial charge in [-0.2, -0.15) is 0 Å². The van der Waals surface area contributed by atoms with Crippen LogP contribution in [0.15, 0.2) is 0 Å². The summed E-state index contributed by atoms with van der Waals surface area (Å²) in [5, 5.41) is 3.77. The van der Waals surface area contributed by atoms with Gasteiger partial charge in [-0.25, -0.2) is 0 Å². The van der Waals surface area contributed by atoms with Gasteiger partial charge in [-0.05, 0) is 38.1 Å². The molecule has 0 radical (unpaired) electrons. The summed E-state index contributed by atoms with van der Waals surface area (Å²) in [6.07, 6.45) is 9.98. The molecule has 3 fully saturated rings. The van der Waals surface area contributed by atoms with Gasteiger partial charge in [0.25, 0.3) is 0 Å². The van der Waals surface area contributed by atoms with E-state index in [9.17, 15) is 0 Å². The van der Waals surface area contributed by atoms with Gasteiger partial charge in [-0.15, -0.1) is 0 Å². The number of ether oxygens (including phenoxy) is 1. The largest absolute Gasteiger partial charge is 0.379 e. The minimum atomic E-state index is 0.455. The lowest BCUT2D eigenvalue weighted by Crippen LogP contribution is -2.59. The van der Waals surface area contributed by atoms with Crippen LogP contribution >= 0.6 is 0 Å². The molecule has 2 saturated carbocycles. The smallest absolute Gasteiger partial charge is 0.0594 e. The van der Waals surface area contributed by atoms with Crippen LogP contribution in [0.25, 0.3) is 0 Å². The van der Waals surface area contributed by atoms with E-state index in [2.05, 4.69) is 10.2 Å². The minimum absolute atomic E-state index is 0.455. The molecule has 0 amide bonds. The second kappa shape index (κ2) is 5.89. The second-order valence-corrected chi connectivity index (χ2v) is 6.46. The molecule has 2 aliphatic carbocycles. The van der Waals surface area contributed by atoms with Crippen molar-refractivity contribution in [2.24, 2.45) is 5.92 Å². The molecule has 1 saturated heterocycles. The van der Waals surface area contributed by atoms with Gasteiger partial charge < -0.3 is 10.1 Å². The maximum atomic E-state index is 5.53. The van der Waals surface area contributed by atoms with Crippen molar-refractivity contribution in [1.82, 2.24) is 10.2 Å². The third-order valence-corrected chi connectivity index (χ3v) is 5.05. The summed E-state index contributed by atoms with van der Waals surface area (Å²) in [6.45, 7) is 6.63. The summed E-state index contributed by atoms with van der Waals surface area (Å²) in [7, 11) is 0. The molecular weight excluding hydrogens is 224 g/mol. The first kappa shape index (κ1) is 12.9. The number of morpholine rings is 1. The third kappa shape index (κ3) is 3.06.